The molecule has 138 valence electrons. The highest BCUT2D eigenvalue weighted by atomic mass is 16.7. The zero-order chi connectivity index (χ0) is 18.3. The molecule has 1 aromatic rings. The van der Waals surface area contributed by atoms with Crippen LogP contribution in [0.3, 0.4) is 0 Å². The number of nitrogens with two attached hydrogens (primary N) is 2. The zero-order valence-electron chi connectivity index (χ0n) is 15.1. The van der Waals surface area contributed by atoms with E-state index in [-0.39, 0.29) is 11.9 Å². The summed E-state index contributed by atoms with van der Waals surface area (Å²) in [5, 5.41) is 1.46. The first-order valence-electron chi connectivity index (χ1n) is 8.40. The van der Waals surface area contributed by atoms with Crippen molar-refractivity contribution in [3.63, 3.8) is 0 Å². The summed E-state index contributed by atoms with van der Waals surface area (Å²) in [5.41, 5.74) is 10.8. The SMILES string of the molecule is CCCOc1ccc(OCCCON2C(N)=NC(N)=NC2(C)C)cc1. The third-order valence-electron chi connectivity index (χ3n) is 3.40. The van der Waals surface area contributed by atoms with Crippen molar-refractivity contribution < 1.29 is 14.3 Å². The molecule has 0 saturated heterocycles. The van der Waals surface area contributed by atoms with Crippen molar-refractivity contribution in [2.45, 2.75) is 39.3 Å². The van der Waals surface area contributed by atoms with Crippen LogP contribution >= 0.6 is 0 Å². The molecule has 8 nitrogen and oxygen atoms in total. The summed E-state index contributed by atoms with van der Waals surface area (Å²) in [6.45, 7) is 7.43. The molecule has 0 aromatic heterocycles. The number of hydrogen-bond donors (Lipinski definition) is 2. The first-order valence-corrected chi connectivity index (χ1v) is 8.40. The molecule has 0 amide bonds. The summed E-state index contributed by atoms with van der Waals surface area (Å²) < 4.78 is 11.2. The molecule has 8 heteroatoms. The molecule has 0 atom stereocenters. The van der Waals surface area contributed by atoms with Crippen molar-refractivity contribution in [1.29, 1.82) is 0 Å². The molecular formula is C17H27N5O3. The molecule has 4 N–H and O–H groups in total. The van der Waals surface area contributed by atoms with E-state index in [1.807, 2.05) is 38.1 Å². The summed E-state index contributed by atoms with van der Waals surface area (Å²) in [6.07, 6.45) is 1.67. The molecule has 0 saturated carbocycles. The van der Waals surface area contributed by atoms with E-state index in [0.29, 0.717) is 26.2 Å². The van der Waals surface area contributed by atoms with Gasteiger partial charge < -0.3 is 20.9 Å². The summed E-state index contributed by atoms with van der Waals surface area (Å²) >= 11 is 0. The largest absolute Gasteiger partial charge is 0.494 e. The van der Waals surface area contributed by atoms with E-state index >= 15 is 0 Å². The molecule has 2 rings (SSSR count). The summed E-state index contributed by atoms with van der Waals surface area (Å²) in [4.78, 5) is 13.8. The number of aliphatic imine (C=N–C) groups is 2. The molecule has 0 unspecified atom stereocenters. The molecule has 0 radical (unpaired) electrons. The van der Waals surface area contributed by atoms with Gasteiger partial charge in [0.1, 0.15) is 11.5 Å². The van der Waals surface area contributed by atoms with Crippen LogP contribution in [-0.2, 0) is 4.84 Å². The van der Waals surface area contributed by atoms with Crippen LogP contribution in [0.1, 0.15) is 33.6 Å². The first kappa shape index (κ1) is 18.9. The Labute approximate surface area is 148 Å². The Kier molecular flexibility index (Phi) is 6.46. The minimum absolute atomic E-state index is 0.150. The van der Waals surface area contributed by atoms with Crippen molar-refractivity contribution >= 4 is 11.9 Å². The van der Waals surface area contributed by atoms with Gasteiger partial charge in [0.15, 0.2) is 5.66 Å². The van der Waals surface area contributed by atoms with Gasteiger partial charge >= 0.3 is 0 Å². The highest BCUT2D eigenvalue weighted by molar-refractivity contribution is 5.95. The van der Waals surface area contributed by atoms with Gasteiger partial charge in [0, 0.05) is 6.42 Å². The predicted molar refractivity (Wildman–Crippen MR) is 97.5 cm³/mol. The standard InChI is InChI=1S/C17H27N5O3/c1-4-10-23-13-6-8-14(9-7-13)24-11-5-12-25-22-16(19)20-15(18)21-17(22,2)3/h6-9H,4-5,10-12H2,1-3H3,(H4,18,19,20,21). The fourth-order valence-corrected chi connectivity index (χ4v) is 2.27. The monoisotopic (exact) mass is 349 g/mol. The van der Waals surface area contributed by atoms with Gasteiger partial charge in [-0.3, -0.25) is 4.84 Å². The highest BCUT2D eigenvalue weighted by Crippen LogP contribution is 2.20. The lowest BCUT2D eigenvalue weighted by Crippen LogP contribution is -2.53. The van der Waals surface area contributed by atoms with Crippen LogP contribution in [0.15, 0.2) is 34.3 Å². The van der Waals surface area contributed by atoms with Gasteiger partial charge in [0.2, 0.25) is 11.9 Å². The van der Waals surface area contributed by atoms with E-state index in [0.717, 1.165) is 17.9 Å². The second kappa shape index (κ2) is 8.57. The Morgan fingerprint density at radius 1 is 1.00 bits per heavy atom. The number of rotatable bonds is 9. The van der Waals surface area contributed by atoms with Crippen molar-refractivity contribution in [1.82, 2.24) is 5.06 Å². The third kappa shape index (κ3) is 5.53. The predicted octanol–water partition coefficient (Wildman–Crippen LogP) is 1.86. The quantitative estimate of drug-likeness (QED) is 0.659. The summed E-state index contributed by atoms with van der Waals surface area (Å²) in [7, 11) is 0. The number of nitrogens with zero attached hydrogens (tertiary/aromatic N) is 3. The van der Waals surface area contributed by atoms with Crippen molar-refractivity contribution in [3.8, 4) is 11.5 Å². The van der Waals surface area contributed by atoms with Crippen LogP contribution < -0.4 is 20.9 Å². The molecule has 1 aliphatic rings. The Balaban J connectivity index is 1.70. The van der Waals surface area contributed by atoms with E-state index in [4.69, 9.17) is 25.8 Å². The maximum atomic E-state index is 5.85. The van der Waals surface area contributed by atoms with Gasteiger partial charge in [-0.05, 0) is 44.5 Å². The normalized spacial score (nSPS) is 16.2. The lowest BCUT2D eigenvalue weighted by molar-refractivity contribution is -0.158. The van der Waals surface area contributed by atoms with Crippen molar-refractivity contribution in [2.75, 3.05) is 19.8 Å². The number of guanidine groups is 2. The fourth-order valence-electron chi connectivity index (χ4n) is 2.27. The Morgan fingerprint density at radius 3 is 2.16 bits per heavy atom. The average molecular weight is 349 g/mol. The number of hydroxylamine groups is 2. The van der Waals surface area contributed by atoms with E-state index in [9.17, 15) is 0 Å². The summed E-state index contributed by atoms with van der Waals surface area (Å²) in [5.74, 6) is 1.98. The minimum Gasteiger partial charge on any atom is -0.494 e. The summed E-state index contributed by atoms with van der Waals surface area (Å²) in [6, 6.07) is 7.58. The lowest BCUT2D eigenvalue weighted by atomic mass is 10.2. The molecule has 1 heterocycles. The minimum atomic E-state index is -0.689. The van der Waals surface area contributed by atoms with Crippen LogP contribution in [0, 0.1) is 0 Å². The van der Waals surface area contributed by atoms with Crippen molar-refractivity contribution in [3.05, 3.63) is 24.3 Å². The van der Waals surface area contributed by atoms with Crippen LogP contribution in [0.5, 0.6) is 11.5 Å². The Morgan fingerprint density at radius 2 is 1.60 bits per heavy atom. The van der Waals surface area contributed by atoms with Crippen LogP contribution in [0.2, 0.25) is 0 Å². The Bertz CT molecular complexity index is 613. The van der Waals surface area contributed by atoms with Crippen LogP contribution in [-0.4, -0.2) is 42.5 Å². The number of ether oxygens (including phenoxy) is 2. The van der Waals surface area contributed by atoms with E-state index in [1.165, 1.54) is 5.06 Å². The Hall–Kier alpha value is -2.48. The van der Waals surface area contributed by atoms with Gasteiger partial charge in [-0.25, -0.2) is 4.99 Å². The second-order valence-electron chi connectivity index (χ2n) is 6.08. The average Bonchev–Trinajstić information content (AvgIpc) is 2.55. The second-order valence-corrected chi connectivity index (χ2v) is 6.08. The molecule has 0 bridgehead atoms. The van der Waals surface area contributed by atoms with E-state index < -0.39 is 5.66 Å². The number of hydrogen-bond acceptors (Lipinski definition) is 8. The molecule has 0 fully saturated rings. The maximum absolute atomic E-state index is 5.85. The molecule has 0 spiro atoms. The van der Waals surface area contributed by atoms with Gasteiger partial charge in [0.25, 0.3) is 0 Å². The maximum Gasteiger partial charge on any atom is 0.226 e. The molecular weight excluding hydrogens is 322 g/mol. The smallest absolute Gasteiger partial charge is 0.226 e. The molecule has 25 heavy (non-hydrogen) atoms. The first-order chi connectivity index (χ1) is 11.9. The fraction of sp³-hybridized carbons (Fsp3) is 0.529. The van der Waals surface area contributed by atoms with E-state index in [2.05, 4.69) is 16.9 Å². The van der Waals surface area contributed by atoms with E-state index in [1.54, 1.807) is 0 Å². The number of benzene rings is 1. The van der Waals surface area contributed by atoms with Gasteiger partial charge in [-0.15, -0.1) is 0 Å². The van der Waals surface area contributed by atoms with Gasteiger partial charge in [0.05, 0.1) is 19.8 Å². The third-order valence-corrected chi connectivity index (χ3v) is 3.40. The highest BCUT2D eigenvalue weighted by Gasteiger charge is 2.32. The lowest BCUT2D eigenvalue weighted by Gasteiger charge is -2.36. The molecule has 1 aromatic carbocycles. The van der Waals surface area contributed by atoms with Crippen LogP contribution in [0.4, 0.5) is 0 Å². The van der Waals surface area contributed by atoms with Gasteiger partial charge in [-0.2, -0.15) is 10.1 Å². The van der Waals surface area contributed by atoms with Crippen LogP contribution in [0.25, 0.3) is 0 Å². The topological polar surface area (TPSA) is 108 Å². The molecule has 1 aliphatic heterocycles. The molecule has 0 aliphatic carbocycles. The van der Waals surface area contributed by atoms with Crippen molar-refractivity contribution in [2.24, 2.45) is 21.5 Å². The zero-order valence-corrected chi connectivity index (χ0v) is 15.1. The van der Waals surface area contributed by atoms with Gasteiger partial charge in [-0.1, -0.05) is 6.92 Å².